The first-order chi connectivity index (χ1) is 10.8. The Morgan fingerprint density at radius 3 is 2.70 bits per heavy atom. The minimum atomic E-state index is -3.95. The molecule has 0 aliphatic heterocycles. The van der Waals surface area contributed by atoms with E-state index in [4.69, 9.17) is 16.3 Å². The van der Waals surface area contributed by atoms with Crippen molar-refractivity contribution >= 4 is 21.6 Å². The van der Waals surface area contributed by atoms with Gasteiger partial charge >= 0.3 is 0 Å². The first-order valence-electron chi connectivity index (χ1n) is 7.03. The van der Waals surface area contributed by atoms with E-state index >= 15 is 0 Å². The third-order valence-corrected chi connectivity index (χ3v) is 5.21. The van der Waals surface area contributed by atoms with Crippen LogP contribution in [-0.4, -0.2) is 15.0 Å². The van der Waals surface area contributed by atoms with E-state index in [9.17, 15) is 12.8 Å². The fraction of sp³-hybridized carbons (Fsp3) is 0.250. The topological polar surface area (TPSA) is 55.4 Å². The molecule has 23 heavy (non-hydrogen) atoms. The van der Waals surface area contributed by atoms with E-state index < -0.39 is 21.9 Å². The third kappa shape index (κ3) is 4.43. The van der Waals surface area contributed by atoms with Crippen molar-refractivity contribution in [2.24, 2.45) is 0 Å². The lowest BCUT2D eigenvalue weighted by Gasteiger charge is -2.16. The molecule has 0 saturated heterocycles. The molecule has 0 bridgehead atoms. The Kier molecular flexibility index (Phi) is 5.62. The number of rotatable bonds is 6. The summed E-state index contributed by atoms with van der Waals surface area (Å²) in [6, 6.07) is 9.79. The zero-order chi connectivity index (χ0) is 17.0. The minimum Gasteiger partial charge on any atom is -0.494 e. The van der Waals surface area contributed by atoms with Crippen LogP contribution in [0.4, 0.5) is 4.39 Å². The smallest absolute Gasteiger partial charge is 0.242 e. The SMILES string of the molecule is CCOc1cccc(C(C)NS(=O)(=O)c2cc(F)ccc2Cl)c1. The number of halogens is 2. The van der Waals surface area contributed by atoms with Gasteiger partial charge in [-0.3, -0.25) is 0 Å². The molecule has 1 N–H and O–H groups in total. The molecule has 7 heteroatoms. The molecule has 0 spiro atoms. The maximum absolute atomic E-state index is 13.3. The molecule has 0 fully saturated rings. The van der Waals surface area contributed by atoms with Crippen molar-refractivity contribution in [1.82, 2.24) is 4.72 Å². The molecule has 0 heterocycles. The molecule has 2 aromatic rings. The van der Waals surface area contributed by atoms with E-state index in [1.165, 1.54) is 6.07 Å². The van der Waals surface area contributed by atoms with Gasteiger partial charge < -0.3 is 4.74 Å². The summed E-state index contributed by atoms with van der Waals surface area (Å²) in [5, 5.41) is -0.0332. The molecule has 124 valence electrons. The van der Waals surface area contributed by atoms with Crippen molar-refractivity contribution in [2.75, 3.05) is 6.61 Å². The summed E-state index contributed by atoms with van der Waals surface area (Å²) in [6.45, 7) is 4.07. The Labute approximate surface area is 140 Å². The number of benzene rings is 2. The molecule has 0 aliphatic rings. The van der Waals surface area contributed by atoms with E-state index in [0.717, 1.165) is 17.7 Å². The molecule has 0 aromatic heterocycles. The van der Waals surface area contributed by atoms with Crippen LogP contribution in [0.25, 0.3) is 0 Å². The van der Waals surface area contributed by atoms with E-state index in [0.29, 0.717) is 12.4 Å². The molecule has 1 unspecified atom stereocenters. The Hall–Kier alpha value is -1.63. The van der Waals surface area contributed by atoms with Gasteiger partial charge in [-0.15, -0.1) is 0 Å². The highest BCUT2D eigenvalue weighted by Gasteiger charge is 2.22. The maximum Gasteiger partial charge on any atom is 0.242 e. The van der Waals surface area contributed by atoms with Crippen molar-refractivity contribution in [2.45, 2.75) is 24.8 Å². The Morgan fingerprint density at radius 1 is 1.26 bits per heavy atom. The number of hydrogen-bond acceptors (Lipinski definition) is 3. The number of nitrogens with one attached hydrogen (secondary N) is 1. The highest BCUT2D eigenvalue weighted by Crippen LogP contribution is 2.25. The second-order valence-electron chi connectivity index (χ2n) is 4.92. The van der Waals surface area contributed by atoms with Crippen molar-refractivity contribution < 1.29 is 17.5 Å². The molecule has 4 nitrogen and oxygen atoms in total. The monoisotopic (exact) mass is 357 g/mol. The van der Waals surface area contributed by atoms with E-state index in [2.05, 4.69) is 4.72 Å². The fourth-order valence-corrected chi connectivity index (χ4v) is 3.83. The molecule has 0 saturated carbocycles. The van der Waals surface area contributed by atoms with E-state index in [1.54, 1.807) is 31.2 Å². The highest BCUT2D eigenvalue weighted by atomic mass is 35.5. The zero-order valence-electron chi connectivity index (χ0n) is 12.7. The van der Waals surface area contributed by atoms with Gasteiger partial charge in [0.05, 0.1) is 11.6 Å². The van der Waals surface area contributed by atoms with Crippen LogP contribution in [0.5, 0.6) is 5.75 Å². The van der Waals surface area contributed by atoms with Gasteiger partial charge in [0.25, 0.3) is 0 Å². The molecular weight excluding hydrogens is 341 g/mol. The van der Waals surface area contributed by atoms with Crippen LogP contribution in [0.3, 0.4) is 0 Å². The van der Waals surface area contributed by atoms with Gasteiger partial charge in [0.15, 0.2) is 0 Å². The molecule has 2 aromatic carbocycles. The predicted molar refractivity (Wildman–Crippen MR) is 87.8 cm³/mol. The summed E-state index contributed by atoms with van der Waals surface area (Å²) >= 11 is 5.87. The van der Waals surface area contributed by atoms with E-state index in [1.807, 2.05) is 6.92 Å². The van der Waals surface area contributed by atoms with Crippen molar-refractivity contribution in [3.05, 3.63) is 58.9 Å². The van der Waals surface area contributed by atoms with Gasteiger partial charge in [0, 0.05) is 6.04 Å². The van der Waals surface area contributed by atoms with Crippen molar-refractivity contribution in [3.63, 3.8) is 0 Å². The van der Waals surface area contributed by atoms with Gasteiger partial charge in [-0.05, 0) is 49.7 Å². The van der Waals surface area contributed by atoms with Crippen LogP contribution in [0.15, 0.2) is 47.4 Å². The quantitative estimate of drug-likeness (QED) is 0.852. The summed E-state index contributed by atoms with van der Waals surface area (Å²) in [5.74, 6) is -0.0133. The lowest BCUT2D eigenvalue weighted by atomic mass is 10.1. The summed E-state index contributed by atoms with van der Waals surface area (Å²) in [7, 11) is -3.95. The molecule has 1 atom stereocenters. The average molecular weight is 358 g/mol. The van der Waals surface area contributed by atoms with Crippen LogP contribution < -0.4 is 9.46 Å². The van der Waals surface area contributed by atoms with Gasteiger partial charge in [0.1, 0.15) is 16.5 Å². The average Bonchev–Trinajstić information content (AvgIpc) is 2.50. The van der Waals surface area contributed by atoms with Gasteiger partial charge in [-0.2, -0.15) is 0 Å². The van der Waals surface area contributed by atoms with Gasteiger partial charge in [0.2, 0.25) is 10.0 Å². The summed E-state index contributed by atoms with van der Waals surface area (Å²) in [6.07, 6.45) is 0. The third-order valence-electron chi connectivity index (χ3n) is 3.18. The predicted octanol–water partition coefficient (Wildman–Crippen LogP) is 3.92. The largest absolute Gasteiger partial charge is 0.494 e. The number of hydrogen-bond donors (Lipinski definition) is 1. The van der Waals surface area contributed by atoms with Crippen LogP contribution in [0, 0.1) is 5.82 Å². The molecule has 0 aliphatic carbocycles. The van der Waals surface area contributed by atoms with Crippen LogP contribution in [0.2, 0.25) is 5.02 Å². The fourth-order valence-electron chi connectivity index (χ4n) is 2.09. The lowest BCUT2D eigenvalue weighted by Crippen LogP contribution is -2.27. The summed E-state index contributed by atoms with van der Waals surface area (Å²) < 4.78 is 46.0. The maximum atomic E-state index is 13.3. The molecule has 2 rings (SSSR count). The summed E-state index contributed by atoms with van der Waals surface area (Å²) in [5.41, 5.74) is 0.729. The second kappa shape index (κ2) is 7.29. The molecule has 0 radical (unpaired) electrons. The van der Waals surface area contributed by atoms with E-state index in [-0.39, 0.29) is 9.92 Å². The second-order valence-corrected chi connectivity index (χ2v) is 7.01. The molecular formula is C16H17ClFNO3S. The van der Waals surface area contributed by atoms with Gasteiger partial charge in [-0.25, -0.2) is 17.5 Å². The minimum absolute atomic E-state index is 0.0332. The Balaban J connectivity index is 2.26. The number of ether oxygens (including phenoxy) is 1. The zero-order valence-corrected chi connectivity index (χ0v) is 14.3. The number of sulfonamides is 1. The van der Waals surface area contributed by atoms with Crippen LogP contribution in [-0.2, 0) is 10.0 Å². The lowest BCUT2D eigenvalue weighted by molar-refractivity contribution is 0.339. The van der Waals surface area contributed by atoms with Gasteiger partial charge in [-0.1, -0.05) is 23.7 Å². The van der Waals surface area contributed by atoms with Crippen LogP contribution in [0.1, 0.15) is 25.5 Å². The molecule has 0 amide bonds. The van der Waals surface area contributed by atoms with Crippen LogP contribution >= 0.6 is 11.6 Å². The normalized spacial score (nSPS) is 12.9. The first kappa shape index (κ1) is 17.7. The standard InChI is InChI=1S/C16H17ClFNO3S/c1-3-22-14-6-4-5-12(9-14)11(2)19-23(20,21)16-10-13(18)7-8-15(16)17/h4-11,19H,3H2,1-2H3. The van der Waals surface area contributed by atoms with Crippen molar-refractivity contribution in [1.29, 1.82) is 0 Å². The van der Waals surface area contributed by atoms with Crippen molar-refractivity contribution in [3.8, 4) is 5.75 Å². The Bertz CT molecular complexity index is 796. The Morgan fingerprint density at radius 2 is 2.00 bits per heavy atom. The summed E-state index contributed by atoms with van der Waals surface area (Å²) in [4.78, 5) is -0.285. The highest BCUT2D eigenvalue weighted by molar-refractivity contribution is 7.89. The first-order valence-corrected chi connectivity index (χ1v) is 8.89.